The SMILES string of the molecule is COc1c2nc(nc1-c1c(C)cccc1C)N[S+]([O-])c1cccc(c1)CC(Cc1cncc(N3CCC[C@H]3C)n1)[C@H](CC(C)(C)C)CC2. The zero-order chi connectivity index (χ0) is 34.0. The molecule has 1 fully saturated rings. The van der Waals surface area contributed by atoms with Gasteiger partial charge in [0.25, 0.3) is 5.95 Å². The maximum atomic E-state index is 13.8. The number of benzene rings is 2. The van der Waals surface area contributed by atoms with E-state index in [0.717, 1.165) is 71.8 Å². The molecular formula is C39H50N6O2S. The third kappa shape index (κ3) is 7.78. The molecule has 4 heterocycles. The number of nitrogens with zero attached hydrogens (tertiary/aromatic N) is 5. The van der Waals surface area contributed by atoms with E-state index in [1.807, 2.05) is 24.5 Å². The van der Waals surface area contributed by atoms with E-state index in [1.54, 1.807) is 7.11 Å². The number of aryl methyl sites for hydroxylation is 3. The van der Waals surface area contributed by atoms with Gasteiger partial charge in [-0.2, -0.15) is 4.72 Å². The average molecular weight is 667 g/mol. The molecule has 4 aromatic rings. The summed E-state index contributed by atoms with van der Waals surface area (Å²) in [5, 5.41) is 0. The van der Waals surface area contributed by atoms with Crippen molar-refractivity contribution in [1.82, 2.24) is 19.9 Å². The van der Waals surface area contributed by atoms with Gasteiger partial charge in [-0.3, -0.25) is 4.98 Å². The lowest BCUT2D eigenvalue weighted by atomic mass is 9.73. The normalized spacial score (nSPS) is 21.5. The molecule has 1 saturated heterocycles. The Balaban J connectivity index is 1.45. The summed E-state index contributed by atoms with van der Waals surface area (Å²) in [5.74, 6) is 2.65. The van der Waals surface area contributed by atoms with Crippen LogP contribution >= 0.6 is 0 Å². The number of aromatic nitrogens is 4. The molecule has 2 aliphatic rings. The van der Waals surface area contributed by atoms with Crippen LogP contribution in [-0.2, 0) is 30.6 Å². The quantitative estimate of drug-likeness (QED) is 0.206. The fourth-order valence-corrected chi connectivity index (χ4v) is 8.54. The highest BCUT2D eigenvalue weighted by atomic mass is 32.2. The smallest absolute Gasteiger partial charge is 0.266 e. The van der Waals surface area contributed by atoms with Crippen molar-refractivity contribution >= 4 is 23.1 Å². The molecule has 2 aromatic carbocycles. The number of nitrogens with one attached hydrogen (secondary N) is 1. The number of hydrogen-bond acceptors (Lipinski definition) is 8. The van der Waals surface area contributed by atoms with Crippen molar-refractivity contribution in [3.05, 3.63) is 82.9 Å². The monoisotopic (exact) mass is 666 g/mol. The minimum Gasteiger partial charge on any atom is -0.588 e. The summed E-state index contributed by atoms with van der Waals surface area (Å²) in [5.41, 5.74) is 7.11. The first-order valence-electron chi connectivity index (χ1n) is 17.4. The molecule has 2 aromatic heterocycles. The third-order valence-electron chi connectivity index (χ3n) is 9.94. The second-order valence-corrected chi connectivity index (χ2v) is 16.2. The second-order valence-electron chi connectivity index (χ2n) is 14.9. The van der Waals surface area contributed by atoms with Crippen molar-refractivity contribution in [2.75, 3.05) is 23.3 Å². The van der Waals surface area contributed by atoms with E-state index in [4.69, 9.17) is 19.7 Å². The van der Waals surface area contributed by atoms with Crippen LogP contribution in [0.1, 0.15) is 81.5 Å². The van der Waals surface area contributed by atoms with Gasteiger partial charge in [0, 0.05) is 24.3 Å². The van der Waals surface area contributed by atoms with Gasteiger partial charge in [-0.15, -0.1) is 0 Å². The first-order chi connectivity index (χ1) is 23.0. The highest BCUT2D eigenvalue weighted by Gasteiger charge is 2.31. The van der Waals surface area contributed by atoms with Crippen LogP contribution < -0.4 is 14.4 Å². The zero-order valence-electron chi connectivity index (χ0n) is 29.5. The number of methoxy groups -OCH3 is 1. The lowest BCUT2D eigenvalue weighted by Gasteiger charge is -2.33. The van der Waals surface area contributed by atoms with Crippen LogP contribution in [0.4, 0.5) is 11.8 Å². The largest absolute Gasteiger partial charge is 0.588 e. The van der Waals surface area contributed by atoms with Gasteiger partial charge in [0.1, 0.15) is 22.9 Å². The summed E-state index contributed by atoms with van der Waals surface area (Å²) in [6, 6.07) is 14.9. The Morgan fingerprint density at radius 3 is 2.48 bits per heavy atom. The van der Waals surface area contributed by atoms with Gasteiger partial charge in [-0.25, -0.2) is 15.0 Å². The van der Waals surface area contributed by atoms with Crippen LogP contribution in [0.15, 0.2) is 59.8 Å². The lowest BCUT2D eigenvalue weighted by molar-refractivity contribution is 0.205. The lowest BCUT2D eigenvalue weighted by Crippen LogP contribution is -2.28. The molecule has 0 saturated carbocycles. The van der Waals surface area contributed by atoms with Crippen LogP contribution in [0.25, 0.3) is 11.3 Å². The van der Waals surface area contributed by atoms with Crippen molar-refractivity contribution in [3.63, 3.8) is 0 Å². The van der Waals surface area contributed by atoms with E-state index in [2.05, 4.69) is 86.5 Å². The number of rotatable bonds is 6. The van der Waals surface area contributed by atoms with Crippen molar-refractivity contribution < 1.29 is 9.29 Å². The van der Waals surface area contributed by atoms with E-state index in [-0.39, 0.29) is 11.3 Å². The first kappa shape index (κ1) is 34.2. The fourth-order valence-electron chi connectivity index (χ4n) is 7.71. The second kappa shape index (κ2) is 14.4. The fraction of sp³-hybridized carbons (Fsp3) is 0.487. The molecule has 0 spiro atoms. The molecule has 4 bridgehead atoms. The summed E-state index contributed by atoms with van der Waals surface area (Å²) >= 11 is -1.55. The van der Waals surface area contributed by atoms with Gasteiger partial charge < -0.3 is 14.2 Å². The van der Waals surface area contributed by atoms with E-state index in [0.29, 0.717) is 35.0 Å². The van der Waals surface area contributed by atoms with Crippen molar-refractivity contribution in [3.8, 4) is 17.0 Å². The maximum absolute atomic E-state index is 13.8. The van der Waals surface area contributed by atoms with Crippen molar-refractivity contribution in [1.29, 1.82) is 0 Å². The van der Waals surface area contributed by atoms with Gasteiger partial charge in [0.15, 0.2) is 10.6 Å². The molecule has 0 amide bonds. The van der Waals surface area contributed by atoms with E-state index in [9.17, 15) is 4.55 Å². The van der Waals surface area contributed by atoms with Crippen molar-refractivity contribution in [2.24, 2.45) is 17.3 Å². The molecule has 8 nitrogen and oxygen atoms in total. The molecular weight excluding hydrogens is 617 g/mol. The Bertz CT molecular complexity index is 1720. The van der Waals surface area contributed by atoms with E-state index in [1.165, 1.54) is 18.4 Å². The highest BCUT2D eigenvalue weighted by Crippen LogP contribution is 2.40. The van der Waals surface area contributed by atoms with Crippen molar-refractivity contribution in [2.45, 2.75) is 97.4 Å². The summed E-state index contributed by atoms with van der Waals surface area (Å²) in [7, 11) is 1.70. The predicted molar refractivity (Wildman–Crippen MR) is 195 cm³/mol. The van der Waals surface area contributed by atoms with Gasteiger partial charge in [0.05, 0.1) is 24.7 Å². The Morgan fingerprint density at radius 2 is 1.77 bits per heavy atom. The van der Waals surface area contributed by atoms with Crippen LogP contribution in [0.3, 0.4) is 0 Å². The van der Waals surface area contributed by atoms with Crippen LogP contribution in [0.2, 0.25) is 0 Å². The summed E-state index contributed by atoms with van der Waals surface area (Å²) in [4.78, 5) is 22.9. The minimum atomic E-state index is -1.55. The molecule has 1 N–H and O–H groups in total. The molecule has 254 valence electrons. The highest BCUT2D eigenvalue weighted by molar-refractivity contribution is 7.92. The molecule has 0 radical (unpaired) electrons. The van der Waals surface area contributed by atoms with Gasteiger partial charge in [0.2, 0.25) is 0 Å². The third-order valence-corrected chi connectivity index (χ3v) is 11.0. The molecule has 4 atom stereocenters. The van der Waals surface area contributed by atoms with Crippen LogP contribution in [-0.4, -0.2) is 44.2 Å². The number of ether oxygens (including phenoxy) is 1. The topological polar surface area (TPSA) is 99.1 Å². The summed E-state index contributed by atoms with van der Waals surface area (Å²) in [6.07, 6.45) is 10.6. The van der Waals surface area contributed by atoms with Crippen LogP contribution in [0, 0.1) is 31.1 Å². The Hall–Kier alpha value is -3.69. The summed E-state index contributed by atoms with van der Waals surface area (Å²) in [6.45, 7) is 14.5. The maximum Gasteiger partial charge on any atom is 0.266 e. The summed E-state index contributed by atoms with van der Waals surface area (Å²) < 4.78 is 23.1. The molecule has 2 unspecified atom stereocenters. The molecule has 6 rings (SSSR count). The van der Waals surface area contributed by atoms with Gasteiger partial charge >= 0.3 is 0 Å². The van der Waals surface area contributed by atoms with Gasteiger partial charge in [-0.1, -0.05) is 51.1 Å². The Labute approximate surface area is 289 Å². The number of fused-ring (bicyclic) bond motifs is 4. The first-order valence-corrected chi connectivity index (χ1v) is 18.5. The molecule has 2 aliphatic heterocycles. The number of hydrogen-bond donors (Lipinski definition) is 1. The van der Waals surface area contributed by atoms with E-state index < -0.39 is 11.4 Å². The molecule has 9 heteroatoms. The average Bonchev–Trinajstić information content (AvgIpc) is 3.48. The van der Waals surface area contributed by atoms with E-state index >= 15 is 0 Å². The Kier molecular flexibility index (Phi) is 10.3. The zero-order valence-corrected chi connectivity index (χ0v) is 30.4. The standard InChI is InChI=1S/C39H50N6O2S/c1-25-11-8-12-26(2)35(25)36-37(47-7)33-17-16-29(22-39(4,5)6)30(21-31-23-40-24-34(41-31)45-18-10-13-27(45)3)19-28-14-9-15-32(20-28)48(46)44-38(42-33)43-36/h8-9,11-12,14-15,20,23-24,27,29-30H,10,13,16-19,21-22H2,1-7H3,(H,42,43,44)/t27-,29+,30?,48?/m1/s1. The molecule has 0 aliphatic carbocycles. The predicted octanol–water partition coefficient (Wildman–Crippen LogP) is 8.08. The molecule has 48 heavy (non-hydrogen) atoms. The Morgan fingerprint density at radius 1 is 1.00 bits per heavy atom. The minimum absolute atomic E-state index is 0.116. The number of anilines is 2. The van der Waals surface area contributed by atoms with Gasteiger partial charge in [-0.05, 0) is 112 Å². The van der Waals surface area contributed by atoms with Crippen LogP contribution in [0.5, 0.6) is 5.75 Å².